The van der Waals surface area contributed by atoms with Crippen molar-refractivity contribution in [2.75, 3.05) is 20.2 Å². The van der Waals surface area contributed by atoms with Crippen LogP contribution in [0.5, 0.6) is 5.75 Å². The highest BCUT2D eigenvalue weighted by molar-refractivity contribution is 5.76. The summed E-state index contributed by atoms with van der Waals surface area (Å²) in [5.74, 6) is 1.31. The highest BCUT2D eigenvalue weighted by atomic mass is 16.5. The zero-order chi connectivity index (χ0) is 15.7. The van der Waals surface area contributed by atoms with Crippen LogP contribution in [-0.2, 0) is 4.79 Å². The summed E-state index contributed by atoms with van der Waals surface area (Å²) in [6, 6.07) is 10.0. The molecule has 0 saturated carbocycles. The third-order valence-corrected chi connectivity index (χ3v) is 3.62. The summed E-state index contributed by atoms with van der Waals surface area (Å²) in [6.45, 7) is 5.15. The van der Waals surface area contributed by atoms with Gasteiger partial charge in [-0.2, -0.15) is 5.26 Å². The maximum atomic E-state index is 11.9. The second-order valence-corrected chi connectivity index (χ2v) is 5.17. The highest BCUT2D eigenvalue weighted by Crippen LogP contribution is 2.28. The second kappa shape index (κ2) is 9.02. The zero-order valence-corrected chi connectivity index (χ0v) is 13.1. The van der Waals surface area contributed by atoms with E-state index in [9.17, 15) is 4.79 Å². The lowest BCUT2D eigenvalue weighted by Gasteiger charge is -2.17. The van der Waals surface area contributed by atoms with E-state index in [4.69, 9.17) is 10.00 Å². The largest absolute Gasteiger partial charge is 0.493 e. The van der Waals surface area contributed by atoms with E-state index >= 15 is 0 Å². The molecule has 1 atom stereocenters. The number of carbonyl (C=O) groups excluding carboxylic acids is 1. The van der Waals surface area contributed by atoms with Crippen LogP contribution in [0.1, 0.15) is 44.6 Å². The van der Waals surface area contributed by atoms with E-state index in [1.54, 1.807) is 11.9 Å². The lowest BCUT2D eigenvalue weighted by molar-refractivity contribution is -0.130. The number of rotatable bonds is 8. The summed E-state index contributed by atoms with van der Waals surface area (Å²) < 4.78 is 5.77. The van der Waals surface area contributed by atoms with Gasteiger partial charge >= 0.3 is 0 Å². The van der Waals surface area contributed by atoms with Crippen LogP contribution >= 0.6 is 0 Å². The van der Waals surface area contributed by atoms with Gasteiger partial charge in [-0.25, -0.2) is 0 Å². The Morgan fingerprint density at radius 3 is 2.81 bits per heavy atom. The fourth-order valence-electron chi connectivity index (χ4n) is 2.02. The van der Waals surface area contributed by atoms with Crippen molar-refractivity contribution in [3.8, 4) is 11.8 Å². The Morgan fingerprint density at radius 2 is 2.14 bits per heavy atom. The summed E-state index contributed by atoms with van der Waals surface area (Å²) in [4.78, 5) is 13.4. The van der Waals surface area contributed by atoms with E-state index in [0.29, 0.717) is 31.9 Å². The number of benzene rings is 1. The van der Waals surface area contributed by atoms with E-state index in [1.807, 2.05) is 24.3 Å². The first-order valence-electron chi connectivity index (χ1n) is 7.42. The first-order chi connectivity index (χ1) is 10.1. The first kappa shape index (κ1) is 17.0. The summed E-state index contributed by atoms with van der Waals surface area (Å²) >= 11 is 0. The van der Waals surface area contributed by atoms with Crippen molar-refractivity contribution in [1.82, 2.24) is 4.90 Å². The van der Waals surface area contributed by atoms with E-state index in [0.717, 1.165) is 12.2 Å². The van der Waals surface area contributed by atoms with Crippen molar-refractivity contribution in [2.45, 2.75) is 39.0 Å². The Bertz CT molecular complexity index is 494. The Labute approximate surface area is 127 Å². The van der Waals surface area contributed by atoms with Crippen molar-refractivity contribution in [1.29, 1.82) is 5.26 Å². The first-order valence-corrected chi connectivity index (χ1v) is 7.42. The molecule has 0 N–H and O–H groups in total. The van der Waals surface area contributed by atoms with Gasteiger partial charge in [0.05, 0.1) is 25.5 Å². The minimum Gasteiger partial charge on any atom is -0.493 e. The molecule has 0 spiro atoms. The van der Waals surface area contributed by atoms with Crippen molar-refractivity contribution in [3.63, 3.8) is 0 Å². The predicted octanol–water partition coefficient (Wildman–Crippen LogP) is 3.34. The third-order valence-electron chi connectivity index (χ3n) is 3.62. The van der Waals surface area contributed by atoms with Gasteiger partial charge in [-0.1, -0.05) is 32.0 Å². The molecule has 0 radical (unpaired) electrons. The van der Waals surface area contributed by atoms with Gasteiger partial charge in [0.15, 0.2) is 0 Å². The molecule has 0 heterocycles. The molecule has 21 heavy (non-hydrogen) atoms. The van der Waals surface area contributed by atoms with Gasteiger partial charge in [-0.05, 0) is 24.0 Å². The molecule has 0 aromatic heterocycles. The zero-order valence-electron chi connectivity index (χ0n) is 13.1. The summed E-state index contributed by atoms with van der Waals surface area (Å²) in [5, 5.41) is 8.51. The number of carbonyl (C=O) groups is 1. The number of ether oxygens (including phenoxy) is 1. The molecule has 0 aliphatic heterocycles. The smallest absolute Gasteiger partial charge is 0.225 e. The maximum absolute atomic E-state index is 11.9. The Balaban J connectivity index is 2.49. The van der Waals surface area contributed by atoms with Gasteiger partial charge in [-0.15, -0.1) is 0 Å². The van der Waals surface area contributed by atoms with Crippen LogP contribution in [0.4, 0.5) is 0 Å². The standard InChI is InChI=1S/C17H24N2O2/c1-4-14(2)15-8-5-6-9-16(15)21-13-10-17(20)19(3)12-7-11-18/h5-6,8-9,14H,4,7,10,12-13H2,1-3H3. The molecule has 0 aliphatic carbocycles. The minimum absolute atomic E-state index is 0.00581. The maximum Gasteiger partial charge on any atom is 0.225 e. The van der Waals surface area contributed by atoms with Crippen molar-refractivity contribution in [3.05, 3.63) is 29.8 Å². The average Bonchev–Trinajstić information content (AvgIpc) is 2.52. The summed E-state index contributed by atoms with van der Waals surface area (Å²) in [5.41, 5.74) is 1.19. The third kappa shape index (κ3) is 5.47. The van der Waals surface area contributed by atoms with Gasteiger partial charge in [0, 0.05) is 13.6 Å². The van der Waals surface area contributed by atoms with Crippen LogP contribution in [-0.4, -0.2) is 31.0 Å². The number of para-hydroxylation sites is 1. The Morgan fingerprint density at radius 1 is 1.43 bits per heavy atom. The monoisotopic (exact) mass is 288 g/mol. The Hall–Kier alpha value is -2.02. The molecule has 0 saturated heterocycles. The molecule has 1 rings (SSSR count). The highest BCUT2D eigenvalue weighted by Gasteiger charge is 2.11. The fourth-order valence-corrected chi connectivity index (χ4v) is 2.02. The van der Waals surface area contributed by atoms with E-state index in [1.165, 1.54) is 5.56 Å². The van der Waals surface area contributed by atoms with Gasteiger partial charge in [-0.3, -0.25) is 4.79 Å². The van der Waals surface area contributed by atoms with Crippen LogP contribution in [0.15, 0.2) is 24.3 Å². The van der Waals surface area contributed by atoms with Crippen molar-refractivity contribution >= 4 is 5.91 Å². The number of nitriles is 1. The lowest BCUT2D eigenvalue weighted by atomic mass is 9.98. The van der Waals surface area contributed by atoms with Gasteiger partial charge < -0.3 is 9.64 Å². The molecule has 0 fully saturated rings. The van der Waals surface area contributed by atoms with Crippen LogP contribution in [0.2, 0.25) is 0 Å². The number of nitrogens with zero attached hydrogens (tertiary/aromatic N) is 2. The van der Waals surface area contributed by atoms with Gasteiger partial charge in [0.25, 0.3) is 0 Å². The SMILES string of the molecule is CCC(C)c1ccccc1OCCC(=O)N(C)CCC#N. The van der Waals surface area contributed by atoms with Gasteiger partial charge in [0.1, 0.15) is 5.75 Å². The van der Waals surface area contributed by atoms with Gasteiger partial charge in [0.2, 0.25) is 5.91 Å². The normalized spacial score (nSPS) is 11.5. The molecular formula is C17H24N2O2. The predicted molar refractivity (Wildman–Crippen MR) is 83.1 cm³/mol. The van der Waals surface area contributed by atoms with Crippen molar-refractivity contribution < 1.29 is 9.53 Å². The Kier molecular flexibility index (Phi) is 7.31. The molecule has 114 valence electrons. The second-order valence-electron chi connectivity index (χ2n) is 5.17. The summed E-state index contributed by atoms with van der Waals surface area (Å²) in [6.07, 6.45) is 1.74. The molecule has 1 aromatic carbocycles. The molecule has 1 unspecified atom stereocenters. The molecule has 0 aliphatic rings. The molecular weight excluding hydrogens is 264 g/mol. The van der Waals surface area contributed by atoms with Crippen LogP contribution in [0.25, 0.3) is 0 Å². The molecule has 1 amide bonds. The number of hydrogen-bond donors (Lipinski definition) is 0. The molecule has 0 bridgehead atoms. The quantitative estimate of drug-likeness (QED) is 0.737. The van der Waals surface area contributed by atoms with Crippen LogP contribution < -0.4 is 4.74 Å². The average molecular weight is 288 g/mol. The van der Waals surface area contributed by atoms with Crippen LogP contribution in [0, 0.1) is 11.3 Å². The topological polar surface area (TPSA) is 53.3 Å². The van der Waals surface area contributed by atoms with E-state index in [-0.39, 0.29) is 5.91 Å². The number of amides is 1. The lowest BCUT2D eigenvalue weighted by Crippen LogP contribution is -2.28. The molecule has 4 heteroatoms. The van der Waals surface area contributed by atoms with E-state index < -0.39 is 0 Å². The molecule has 4 nitrogen and oxygen atoms in total. The van der Waals surface area contributed by atoms with Crippen molar-refractivity contribution in [2.24, 2.45) is 0 Å². The summed E-state index contributed by atoms with van der Waals surface area (Å²) in [7, 11) is 1.72. The van der Waals surface area contributed by atoms with E-state index in [2.05, 4.69) is 19.9 Å². The minimum atomic E-state index is 0.00581. The fraction of sp³-hybridized carbons (Fsp3) is 0.529. The number of hydrogen-bond acceptors (Lipinski definition) is 3. The van der Waals surface area contributed by atoms with Crippen LogP contribution in [0.3, 0.4) is 0 Å². The molecule has 1 aromatic rings.